The Morgan fingerprint density at radius 3 is 2.27 bits per heavy atom. The summed E-state index contributed by atoms with van der Waals surface area (Å²) in [6.07, 6.45) is 1.71. The summed E-state index contributed by atoms with van der Waals surface area (Å²) in [7, 11) is 0. The maximum Gasteiger partial charge on any atom is 0.193 e. The Bertz CT molecular complexity index is 1180. The average molecular weight is 399 g/mol. The first-order valence-electron chi connectivity index (χ1n) is 10.3. The molecule has 0 atom stereocenters. The summed E-state index contributed by atoms with van der Waals surface area (Å²) in [4.78, 5) is 19.8. The van der Waals surface area contributed by atoms with Gasteiger partial charge >= 0.3 is 0 Å². The van der Waals surface area contributed by atoms with Crippen LogP contribution >= 0.6 is 0 Å². The summed E-state index contributed by atoms with van der Waals surface area (Å²) in [6.45, 7) is 6.95. The number of nitrogens with zero attached hydrogens (tertiary/aromatic N) is 3. The number of anilines is 2. The predicted octanol–water partition coefficient (Wildman–Crippen LogP) is 4.97. The molecule has 5 nitrogen and oxygen atoms in total. The standard InChI is InChI=1S/C25H26N4O/c1-3-28(4-2)18-20-15-23-22(17-26-20)24(30)16-25(27-19-11-7-5-8-12-19)29(23)21-13-9-6-10-14-21/h5-17,27H,3-4,18H2,1-2H3. The molecule has 0 spiro atoms. The first-order valence-corrected chi connectivity index (χ1v) is 10.3. The van der Waals surface area contributed by atoms with Crippen molar-refractivity contribution in [3.63, 3.8) is 0 Å². The Balaban J connectivity index is 1.92. The molecule has 0 saturated carbocycles. The average Bonchev–Trinajstić information content (AvgIpc) is 2.79. The summed E-state index contributed by atoms with van der Waals surface area (Å²) in [6, 6.07) is 23.7. The summed E-state index contributed by atoms with van der Waals surface area (Å²) in [5.74, 6) is 0.727. The van der Waals surface area contributed by atoms with E-state index in [9.17, 15) is 4.79 Å². The van der Waals surface area contributed by atoms with Gasteiger partial charge in [0.1, 0.15) is 5.82 Å². The van der Waals surface area contributed by atoms with Gasteiger partial charge in [-0.2, -0.15) is 0 Å². The smallest absolute Gasteiger partial charge is 0.193 e. The van der Waals surface area contributed by atoms with Crippen LogP contribution in [0.4, 0.5) is 11.5 Å². The van der Waals surface area contributed by atoms with E-state index in [1.807, 2.05) is 66.7 Å². The predicted molar refractivity (Wildman–Crippen MR) is 124 cm³/mol. The van der Waals surface area contributed by atoms with Gasteiger partial charge in [-0.05, 0) is 43.4 Å². The van der Waals surface area contributed by atoms with Crippen LogP contribution in [0.15, 0.2) is 83.8 Å². The first kappa shape index (κ1) is 19.9. The zero-order chi connectivity index (χ0) is 20.9. The van der Waals surface area contributed by atoms with Crippen molar-refractivity contribution in [1.82, 2.24) is 14.5 Å². The second kappa shape index (κ2) is 8.93. The van der Waals surface area contributed by atoms with E-state index in [1.165, 1.54) is 0 Å². The Morgan fingerprint density at radius 1 is 0.933 bits per heavy atom. The third-order valence-electron chi connectivity index (χ3n) is 5.29. The molecule has 2 aromatic heterocycles. The molecule has 0 bridgehead atoms. The van der Waals surface area contributed by atoms with E-state index in [0.29, 0.717) is 5.39 Å². The highest BCUT2D eigenvalue weighted by molar-refractivity contribution is 5.83. The van der Waals surface area contributed by atoms with Crippen LogP contribution in [-0.4, -0.2) is 27.5 Å². The van der Waals surface area contributed by atoms with Crippen LogP contribution in [0.1, 0.15) is 19.5 Å². The topological polar surface area (TPSA) is 50.2 Å². The highest BCUT2D eigenvalue weighted by Gasteiger charge is 2.13. The van der Waals surface area contributed by atoms with Gasteiger partial charge in [0.05, 0.1) is 16.6 Å². The van der Waals surface area contributed by atoms with Crippen LogP contribution in [-0.2, 0) is 6.54 Å². The van der Waals surface area contributed by atoms with Crippen molar-refractivity contribution >= 4 is 22.4 Å². The zero-order valence-electron chi connectivity index (χ0n) is 17.4. The molecular formula is C25H26N4O. The van der Waals surface area contributed by atoms with Crippen LogP contribution in [0.2, 0.25) is 0 Å². The van der Waals surface area contributed by atoms with Crippen LogP contribution < -0.4 is 10.7 Å². The molecule has 30 heavy (non-hydrogen) atoms. The van der Waals surface area contributed by atoms with E-state index in [-0.39, 0.29) is 5.43 Å². The first-order chi connectivity index (χ1) is 14.7. The molecule has 0 radical (unpaired) electrons. The zero-order valence-corrected chi connectivity index (χ0v) is 17.4. The Morgan fingerprint density at radius 2 is 1.60 bits per heavy atom. The summed E-state index contributed by atoms with van der Waals surface area (Å²) in [5, 5.41) is 4.03. The number of benzene rings is 2. The normalized spacial score (nSPS) is 11.2. The third kappa shape index (κ3) is 4.11. The molecule has 2 aromatic carbocycles. The number of pyridine rings is 2. The molecule has 4 aromatic rings. The highest BCUT2D eigenvalue weighted by Crippen LogP contribution is 2.25. The number of hydrogen-bond donors (Lipinski definition) is 1. The van der Waals surface area contributed by atoms with Gasteiger partial charge in [-0.3, -0.25) is 19.2 Å². The van der Waals surface area contributed by atoms with Gasteiger partial charge in [0.25, 0.3) is 0 Å². The lowest BCUT2D eigenvalue weighted by Crippen LogP contribution is -2.23. The molecule has 4 rings (SSSR count). The molecule has 0 aliphatic carbocycles. The van der Waals surface area contributed by atoms with E-state index in [2.05, 4.69) is 33.6 Å². The van der Waals surface area contributed by atoms with Gasteiger partial charge in [-0.15, -0.1) is 0 Å². The molecule has 0 amide bonds. The fourth-order valence-corrected chi connectivity index (χ4v) is 3.64. The third-order valence-corrected chi connectivity index (χ3v) is 5.29. The number of nitrogens with one attached hydrogen (secondary N) is 1. The Hall–Kier alpha value is -3.44. The quantitative estimate of drug-likeness (QED) is 0.477. The monoisotopic (exact) mass is 398 g/mol. The Kier molecular flexibility index (Phi) is 5.91. The van der Waals surface area contributed by atoms with Gasteiger partial charge in [0, 0.05) is 30.2 Å². The van der Waals surface area contributed by atoms with Gasteiger partial charge in [0.15, 0.2) is 5.43 Å². The molecule has 2 heterocycles. The van der Waals surface area contributed by atoms with E-state index >= 15 is 0 Å². The van der Waals surface area contributed by atoms with Gasteiger partial charge in [-0.1, -0.05) is 50.2 Å². The number of aromatic nitrogens is 2. The van der Waals surface area contributed by atoms with Crippen molar-refractivity contribution in [2.75, 3.05) is 18.4 Å². The number of fused-ring (bicyclic) bond motifs is 1. The SMILES string of the molecule is CCN(CC)Cc1cc2c(cn1)c(=O)cc(Nc1ccccc1)n2-c1ccccc1. The molecule has 0 fully saturated rings. The molecular weight excluding hydrogens is 372 g/mol. The molecule has 0 aliphatic rings. The minimum Gasteiger partial charge on any atom is -0.341 e. The van der Waals surface area contributed by atoms with E-state index < -0.39 is 0 Å². The molecule has 1 N–H and O–H groups in total. The summed E-state index contributed by atoms with van der Waals surface area (Å²) in [5.41, 5.74) is 3.67. The lowest BCUT2D eigenvalue weighted by atomic mass is 10.2. The van der Waals surface area contributed by atoms with Gasteiger partial charge in [0.2, 0.25) is 0 Å². The maximum absolute atomic E-state index is 12.9. The van der Waals surface area contributed by atoms with Crippen molar-refractivity contribution in [3.8, 4) is 5.69 Å². The van der Waals surface area contributed by atoms with Crippen LogP contribution in [0.5, 0.6) is 0 Å². The molecule has 0 saturated heterocycles. The van der Waals surface area contributed by atoms with Crippen LogP contribution in [0.3, 0.4) is 0 Å². The second-order valence-corrected chi connectivity index (χ2v) is 7.21. The largest absolute Gasteiger partial charge is 0.341 e. The van der Waals surface area contributed by atoms with E-state index in [1.54, 1.807) is 12.3 Å². The van der Waals surface area contributed by atoms with Crippen molar-refractivity contribution in [3.05, 3.63) is 94.9 Å². The minimum absolute atomic E-state index is 0.0440. The van der Waals surface area contributed by atoms with Crippen molar-refractivity contribution in [2.45, 2.75) is 20.4 Å². The maximum atomic E-state index is 12.9. The number of para-hydroxylation sites is 2. The Labute approximate surface area is 176 Å². The summed E-state index contributed by atoms with van der Waals surface area (Å²) >= 11 is 0. The summed E-state index contributed by atoms with van der Waals surface area (Å²) < 4.78 is 2.09. The second-order valence-electron chi connectivity index (χ2n) is 7.21. The van der Waals surface area contributed by atoms with Crippen molar-refractivity contribution in [1.29, 1.82) is 0 Å². The van der Waals surface area contributed by atoms with Crippen LogP contribution in [0.25, 0.3) is 16.6 Å². The number of rotatable bonds is 7. The van der Waals surface area contributed by atoms with Gasteiger partial charge in [-0.25, -0.2) is 0 Å². The van der Waals surface area contributed by atoms with Gasteiger partial charge < -0.3 is 5.32 Å². The lowest BCUT2D eigenvalue weighted by molar-refractivity contribution is 0.292. The lowest BCUT2D eigenvalue weighted by Gasteiger charge is -2.20. The molecule has 5 heteroatoms. The fourth-order valence-electron chi connectivity index (χ4n) is 3.64. The molecule has 0 unspecified atom stereocenters. The van der Waals surface area contributed by atoms with E-state index in [0.717, 1.165) is 48.0 Å². The van der Waals surface area contributed by atoms with E-state index in [4.69, 9.17) is 0 Å². The molecule has 152 valence electrons. The van der Waals surface area contributed by atoms with Crippen molar-refractivity contribution < 1.29 is 0 Å². The minimum atomic E-state index is -0.0440. The molecule has 0 aliphatic heterocycles. The fraction of sp³-hybridized carbons (Fsp3) is 0.200. The highest BCUT2D eigenvalue weighted by atomic mass is 16.1. The van der Waals surface area contributed by atoms with Crippen molar-refractivity contribution in [2.24, 2.45) is 0 Å². The number of hydrogen-bond acceptors (Lipinski definition) is 4. The van der Waals surface area contributed by atoms with Crippen LogP contribution in [0, 0.1) is 0 Å².